The Labute approximate surface area is 149 Å². The number of nitrogens with zero attached hydrogens (tertiary/aromatic N) is 1. The maximum absolute atomic E-state index is 12.7. The lowest BCUT2D eigenvalue weighted by Crippen LogP contribution is -2.02. The summed E-state index contributed by atoms with van der Waals surface area (Å²) in [7, 11) is 3.17. The fourth-order valence-corrected chi connectivity index (χ4v) is 3.11. The first-order valence-electron chi connectivity index (χ1n) is 7.47. The zero-order valence-corrected chi connectivity index (χ0v) is 14.6. The predicted molar refractivity (Wildman–Crippen MR) is 99.2 cm³/mol. The van der Waals surface area contributed by atoms with Gasteiger partial charge in [0.1, 0.15) is 22.2 Å². The molecule has 7 heteroatoms. The van der Waals surface area contributed by atoms with E-state index < -0.39 is 0 Å². The Morgan fingerprint density at radius 3 is 2.48 bits per heavy atom. The standard InChI is InChI=1S/C18H17N3O3S/c1-23-13-8-6-12(7-9-13)20-18-21-17(19)16(25-18)15(22)11-4-3-5-14(10-11)24-2/h3-10H,19H2,1-2H3,(H,20,21). The molecule has 0 unspecified atom stereocenters. The molecule has 0 spiro atoms. The van der Waals surface area contributed by atoms with E-state index in [0.29, 0.717) is 21.3 Å². The predicted octanol–water partition coefficient (Wildman–Crippen LogP) is 3.72. The van der Waals surface area contributed by atoms with E-state index in [4.69, 9.17) is 15.2 Å². The van der Waals surface area contributed by atoms with Crippen molar-refractivity contribution in [3.8, 4) is 11.5 Å². The minimum absolute atomic E-state index is 0.184. The number of ketones is 1. The average molecular weight is 355 g/mol. The third-order valence-electron chi connectivity index (χ3n) is 3.53. The number of nitrogens with one attached hydrogen (secondary N) is 1. The number of nitrogens with two attached hydrogens (primary N) is 1. The molecule has 1 aromatic heterocycles. The normalized spacial score (nSPS) is 10.3. The van der Waals surface area contributed by atoms with Crippen molar-refractivity contribution in [2.75, 3.05) is 25.3 Å². The molecule has 1 heterocycles. The number of anilines is 3. The maximum Gasteiger partial charge on any atom is 0.206 e. The molecule has 0 aliphatic heterocycles. The highest BCUT2D eigenvalue weighted by molar-refractivity contribution is 7.18. The van der Waals surface area contributed by atoms with Gasteiger partial charge in [0.05, 0.1) is 14.2 Å². The van der Waals surface area contributed by atoms with Gasteiger partial charge in [0.25, 0.3) is 0 Å². The zero-order chi connectivity index (χ0) is 17.8. The second-order valence-corrected chi connectivity index (χ2v) is 6.15. The molecule has 0 aliphatic carbocycles. The number of rotatable bonds is 6. The van der Waals surface area contributed by atoms with E-state index in [-0.39, 0.29) is 11.6 Å². The van der Waals surface area contributed by atoms with Crippen LogP contribution in [-0.2, 0) is 0 Å². The van der Waals surface area contributed by atoms with Crippen LogP contribution in [0.1, 0.15) is 15.2 Å². The van der Waals surface area contributed by atoms with Gasteiger partial charge in [-0.15, -0.1) is 0 Å². The first-order chi connectivity index (χ1) is 12.1. The highest BCUT2D eigenvalue weighted by atomic mass is 32.1. The Kier molecular flexibility index (Phi) is 4.85. The average Bonchev–Trinajstić information content (AvgIpc) is 3.02. The Morgan fingerprint density at radius 2 is 1.80 bits per heavy atom. The van der Waals surface area contributed by atoms with E-state index in [2.05, 4.69) is 10.3 Å². The molecule has 0 amide bonds. The first kappa shape index (κ1) is 16.8. The highest BCUT2D eigenvalue weighted by Gasteiger charge is 2.18. The molecule has 3 rings (SSSR count). The smallest absolute Gasteiger partial charge is 0.206 e. The van der Waals surface area contributed by atoms with Gasteiger partial charge in [-0.25, -0.2) is 4.98 Å². The van der Waals surface area contributed by atoms with Crippen LogP contribution < -0.4 is 20.5 Å². The first-order valence-corrected chi connectivity index (χ1v) is 8.28. The number of methoxy groups -OCH3 is 2. The van der Waals surface area contributed by atoms with E-state index >= 15 is 0 Å². The van der Waals surface area contributed by atoms with Crippen LogP contribution in [0.4, 0.5) is 16.6 Å². The van der Waals surface area contributed by atoms with Gasteiger partial charge < -0.3 is 20.5 Å². The van der Waals surface area contributed by atoms with Crippen molar-refractivity contribution >= 4 is 33.8 Å². The van der Waals surface area contributed by atoms with Crippen molar-refractivity contribution in [3.63, 3.8) is 0 Å². The number of carbonyl (C=O) groups excluding carboxylic acids is 1. The molecule has 0 saturated carbocycles. The zero-order valence-electron chi connectivity index (χ0n) is 13.8. The monoisotopic (exact) mass is 355 g/mol. The van der Waals surface area contributed by atoms with E-state index in [9.17, 15) is 4.79 Å². The van der Waals surface area contributed by atoms with Crippen LogP contribution in [0.3, 0.4) is 0 Å². The Bertz CT molecular complexity index is 891. The van der Waals surface area contributed by atoms with Crippen molar-refractivity contribution in [3.05, 3.63) is 59.0 Å². The van der Waals surface area contributed by atoms with Gasteiger partial charge in [-0.2, -0.15) is 0 Å². The molecular formula is C18H17N3O3S. The topological polar surface area (TPSA) is 86.5 Å². The lowest BCUT2D eigenvalue weighted by molar-refractivity contribution is 0.104. The van der Waals surface area contributed by atoms with Crippen LogP contribution in [0, 0.1) is 0 Å². The van der Waals surface area contributed by atoms with Crippen LogP contribution >= 0.6 is 11.3 Å². The highest BCUT2D eigenvalue weighted by Crippen LogP contribution is 2.30. The number of nitrogen functional groups attached to an aromatic ring is 1. The molecule has 0 bridgehead atoms. The molecule has 25 heavy (non-hydrogen) atoms. The summed E-state index contributed by atoms with van der Waals surface area (Å²) in [5, 5.41) is 3.69. The summed E-state index contributed by atoms with van der Waals surface area (Å²) in [5.41, 5.74) is 7.27. The minimum atomic E-state index is -0.184. The van der Waals surface area contributed by atoms with Gasteiger partial charge >= 0.3 is 0 Å². The minimum Gasteiger partial charge on any atom is -0.497 e. The molecule has 128 valence electrons. The second-order valence-electron chi connectivity index (χ2n) is 5.15. The molecule has 0 atom stereocenters. The van der Waals surface area contributed by atoms with Gasteiger partial charge in [-0.1, -0.05) is 23.5 Å². The molecule has 0 aliphatic rings. The number of ether oxygens (including phenoxy) is 2. The molecule has 6 nitrogen and oxygen atoms in total. The number of hydrogen-bond donors (Lipinski definition) is 2. The van der Waals surface area contributed by atoms with Crippen molar-refractivity contribution in [1.82, 2.24) is 4.98 Å². The number of hydrogen-bond acceptors (Lipinski definition) is 7. The molecular weight excluding hydrogens is 338 g/mol. The molecule has 3 N–H and O–H groups in total. The fraction of sp³-hybridized carbons (Fsp3) is 0.111. The van der Waals surface area contributed by atoms with E-state index in [1.54, 1.807) is 38.5 Å². The molecule has 2 aromatic carbocycles. The Hall–Kier alpha value is -3.06. The Morgan fingerprint density at radius 1 is 1.08 bits per heavy atom. The van der Waals surface area contributed by atoms with Gasteiger partial charge in [0, 0.05) is 11.3 Å². The summed E-state index contributed by atoms with van der Waals surface area (Å²) in [6, 6.07) is 14.3. The maximum atomic E-state index is 12.7. The summed E-state index contributed by atoms with van der Waals surface area (Å²) in [4.78, 5) is 17.3. The molecule has 3 aromatic rings. The van der Waals surface area contributed by atoms with Crippen LogP contribution in [0.5, 0.6) is 11.5 Å². The molecule has 0 radical (unpaired) electrons. The van der Waals surface area contributed by atoms with Crippen molar-refractivity contribution in [1.29, 1.82) is 0 Å². The quantitative estimate of drug-likeness (QED) is 0.656. The van der Waals surface area contributed by atoms with Gasteiger partial charge in [0.15, 0.2) is 5.13 Å². The Balaban J connectivity index is 1.82. The van der Waals surface area contributed by atoms with Crippen molar-refractivity contribution in [2.24, 2.45) is 0 Å². The van der Waals surface area contributed by atoms with Gasteiger partial charge in [-0.3, -0.25) is 4.79 Å². The third kappa shape index (κ3) is 3.72. The summed E-state index contributed by atoms with van der Waals surface area (Å²) < 4.78 is 10.3. The lowest BCUT2D eigenvalue weighted by Gasteiger charge is -2.04. The van der Waals surface area contributed by atoms with Crippen LogP contribution in [-0.4, -0.2) is 25.0 Å². The van der Waals surface area contributed by atoms with E-state index in [0.717, 1.165) is 11.4 Å². The summed E-state index contributed by atoms with van der Waals surface area (Å²) >= 11 is 1.21. The van der Waals surface area contributed by atoms with Gasteiger partial charge in [0.2, 0.25) is 5.78 Å². The SMILES string of the molecule is COc1ccc(Nc2nc(N)c(C(=O)c3cccc(OC)c3)s2)cc1. The van der Waals surface area contributed by atoms with Crippen molar-refractivity contribution in [2.45, 2.75) is 0 Å². The summed E-state index contributed by atoms with van der Waals surface area (Å²) in [5.74, 6) is 1.40. The molecule has 0 fully saturated rings. The van der Waals surface area contributed by atoms with E-state index in [1.807, 2.05) is 24.3 Å². The summed E-state index contributed by atoms with van der Waals surface area (Å²) in [6.07, 6.45) is 0. The van der Waals surface area contributed by atoms with Crippen LogP contribution in [0.15, 0.2) is 48.5 Å². The van der Waals surface area contributed by atoms with Crippen LogP contribution in [0.25, 0.3) is 0 Å². The fourth-order valence-electron chi connectivity index (χ4n) is 2.24. The van der Waals surface area contributed by atoms with Crippen molar-refractivity contribution < 1.29 is 14.3 Å². The number of aromatic nitrogens is 1. The van der Waals surface area contributed by atoms with Gasteiger partial charge in [-0.05, 0) is 36.4 Å². The number of benzene rings is 2. The second kappa shape index (κ2) is 7.23. The molecule has 0 saturated heterocycles. The third-order valence-corrected chi connectivity index (χ3v) is 4.52. The lowest BCUT2D eigenvalue weighted by atomic mass is 10.1. The number of thiazole rings is 1. The van der Waals surface area contributed by atoms with Crippen LogP contribution in [0.2, 0.25) is 0 Å². The summed E-state index contributed by atoms with van der Waals surface area (Å²) in [6.45, 7) is 0. The number of carbonyl (C=O) groups is 1. The van der Waals surface area contributed by atoms with E-state index in [1.165, 1.54) is 11.3 Å². The largest absolute Gasteiger partial charge is 0.497 e.